The van der Waals surface area contributed by atoms with E-state index in [1.165, 1.54) is 14.2 Å². The molecule has 6 nitrogen and oxygen atoms in total. The number of benzene rings is 1. The molecule has 4 atom stereocenters. The van der Waals surface area contributed by atoms with Crippen LogP contribution in [0.15, 0.2) is 24.3 Å². The number of quaternary nitrogens is 1. The Morgan fingerprint density at radius 2 is 1.92 bits per heavy atom. The van der Waals surface area contributed by atoms with Gasteiger partial charge in [0.25, 0.3) is 0 Å². The second-order valence-corrected chi connectivity index (χ2v) is 6.80. The molecule has 0 saturated carbocycles. The third-order valence-corrected chi connectivity index (χ3v) is 5.65. The average Bonchev–Trinajstić information content (AvgIpc) is 3.05. The zero-order chi connectivity index (χ0) is 17.6. The van der Waals surface area contributed by atoms with Gasteiger partial charge in [0.1, 0.15) is 17.9 Å². The topological polar surface area (TPSA) is 80.3 Å². The Balaban J connectivity index is 2.12. The van der Waals surface area contributed by atoms with Gasteiger partial charge in [-0.05, 0) is 12.1 Å². The molecule has 2 amide bonds. The van der Waals surface area contributed by atoms with Crippen molar-refractivity contribution in [3.05, 3.63) is 34.9 Å². The summed E-state index contributed by atoms with van der Waals surface area (Å²) >= 11 is 5.95. The molecule has 2 aliphatic heterocycles. The van der Waals surface area contributed by atoms with Gasteiger partial charge >= 0.3 is 5.97 Å². The Morgan fingerprint density at radius 3 is 2.46 bits per heavy atom. The lowest BCUT2D eigenvalue weighted by atomic mass is 9.78. The number of nitrogens with two attached hydrogens (primary N) is 1. The van der Waals surface area contributed by atoms with E-state index in [4.69, 9.17) is 16.3 Å². The molecule has 0 unspecified atom stereocenters. The summed E-state index contributed by atoms with van der Waals surface area (Å²) in [4.78, 5) is 39.0. The van der Waals surface area contributed by atoms with E-state index in [-0.39, 0.29) is 17.9 Å². The normalized spacial score (nSPS) is 32.2. The number of hydrogen-bond acceptors (Lipinski definition) is 4. The monoisotopic (exact) mass is 351 g/mol. The molecule has 2 N–H and O–H groups in total. The van der Waals surface area contributed by atoms with Gasteiger partial charge in [0.2, 0.25) is 17.4 Å². The number of esters is 1. The van der Waals surface area contributed by atoms with Gasteiger partial charge in [-0.2, -0.15) is 0 Å². The van der Waals surface area contributed by atoms with Crippen LogP contribution in [0.3, 0.4) is 0 Å². The van der Waals surface area contributed by atoms with E-state index < -0.39 is 23.3 Å². The zero-order valence-corrected chi connectivity index (χ0v) is 14.5. The highest BCUT2D eigenvalue weighted by molar-refractivity contribution is 6.30. The highest BCUT2D eigenvalue weighted by Gasteiger charge is 2.71. The Bertz CT molecular complexity index is 705. The van der Waals surface area contributed by atoms with Crippen LogP contribution in [0.2, 0.25) is 5.02 Å². The maximum Gasteiger partial charge on any atom is 0.368 e. The molecule has 0 radical (unpaired) electrons. The Kier molecular flexibility index (Phi) is 4.13. The van der Waals surface area contributed by atoms with Crippen LogP contribution >= 0.6 is 11.6 Å². The van der Waals surface area contributed by atoms with Crippen molar-refractivity contribution in [3.63, 3.8) is 0 Å². The standard InChI is InChI=1S/C17H19ClN2O4/c1-4-17(16(23)24-3)12-11(14(21)20(2)15(12)22)13(19-17)9-5-7-10(18)8-6-9/h5-8,11-13,19H,4H2,1-3H3/p+1/t11-,12-,13-,17-/m0/s1. The van der Waals surface area contributed by atoms with Gasteiger partial charge in [0, 0.05) is 24.1 Å². The van der Waals surface area contributed by atoms with E-state index in [0.717, 1.165) is 10.5 Å². The van der Waals surface area contributed by atoms with E-state index in [1.54, 1.807) is 12.1 Å². The number of rotatable bonds is 3. The summed E-state index contributed by atoms with van der Waals surface area (Å²) in [5.74, 6) is -2.32. The lowest BCUT2D eigenvalue weighted by Gasteiger charge is -2.27. The van der Waals surface area contributed by atoms with Gasteiger partial charge in [0.15, 0.2) is 0 Å². The van der Waals surface area contributed by atoms with E-state index >= 15 is 0 Å². The van der Waals surface area contributed by atoms with Gasteiger partial charge in [-0.15, -0.1) is 0 Å². The molecule has 1 aromatic rings. The van der Waals surface area contributed by atoms with Crippen molar-refractivity contribution in [2.75, 3.05) is 14.2 Å². The largest absolute Gasteiger partial charge is 0.464 e. The molecule has 24 heavy (non-hydrogen) atoms. The maximum absolute atomic E-state index is 12.7. The summed E-state index contributed by atoms with van der Waals surface area (Å²) in [6.45, 7) is 1.84. The lowest BCUT2D eigenvalue weighted by molar-refractivity contribution is -0.734. The van der Waals surface area contributed by atoms with Crippen LogP contribution in [0.5, 0.6) is 0 Å². The number of imide groups is 1. The number of nitrogens with zero attached hydrogens (tertiary/aromatic N) is 1. The second kappa shape index (κ2) is 5.86. The fourth-order valence-electron chi connectivity index (χ4n) is 4.12. The van der Waals surface area contributed by atoms with Crippen LogP contribution < -0.4 is 5.32 Å². The summed E-state index contributed by atoms with van der Waals surface area (Å²) in [6, 6.07) is 6.83. The molecule has 128 valence electrons. The van der Waals surface area contributed by atoms with Crippen LogP contribution in [0, 0.1) is 11.8 Å². The molecule has 2 fully saturated rings. The predicted molar refractivity (Wildman–Crippen MR) is 85.9 cm³/mol. The first kappa shape index (κ1) is 16.9. The van der Waals surface area contributed by atoms with Crippen LogP contribution in [-0.4, -0.2) is 42.4 Å². The summed E-state index contributed by atoms with van der Waals surface area (Å²) in [5.41, 5.74) is -0.216. The number of methoxy groups -OCH3 is 1. The van der Waals surface area contributed by atoms with Gasteiger partial charge < -0.3 is 10.1 Å². The molecule has 2 heterocycles. The van der Waals surface area contributed by atoms with Gasteiger partial charge in [-0.1, -0.05) is 30.7 Å². The molecule has 0 spiro atoms. The second-order valence-electron chi connectivity index (χ2n) is 6.37. The minimum absolute atomic E-state index is 0.250. The number of halogens is 1. The van der Waals surface area contributed by atoms with Crippen LogP contribution in [0.1, 0.15) is 24.9 Å². The molecule has 2 aliphatic rings. The molecule has 0 bridgehead atoms. The zero-order valence-electron chi connectivity index (χ0n) is 13.8. The number of hydrogen-bond donors (Lipinski definition) is 1. The molecule has 0 aliphatic carbocycles. The SMILES string of the molecule is CC[C@]1(C(=O)OC)[NH2+][C@@H](c2ccc(Cl)cc2)[C@H]2C(=O)N(C)C(=O)[C@H]21. The number of carbonyl (C=O) groups excluding carboxylic acids is 3. The van der Waals surface area contributed by atoms with Crippen molar-refractivity contribution in [2.45, 2.75) is 24.9 Å². The Labute approximate surface area is 145 Å². The van der Waals surface area contributed by atoms with Crippen LogP contribution in [0.4, 0.5) is 0 Å². The maximum atomic E-state index is 12.7. The first-order valence-corrected chi connectivity index (χ1v) is 8.26. The van der Waals surface area contributed by atoms with Gasteiger partial charge in [-0.3, -0.25) is 14.5 Å². The van der Waals surface area contributed by atoms with Gasteiger partial charge in [-0.25, -0.2) is 4.79 Å². The summed E-state index contributed by atoms with van der Waals surface area (Å²) < 4.78 is 4.99. The molecule has 2 saturated heterocycles. The van der Waals surface area contributed by atoms with Crippen molar-refractivity contribution < 1.29 is 24.4 Å². The third kappa shape index (κ3) is 2.17. The highest BCUT2D eigenvalue weighted by Crippen LogP contribution is 2.45. The highest BCUT2D eigenvalue weighted by atomic mass is 35.5. The van der Waals surface area contributed by atoms with Gasteiger partial charge in [0.05, 0.1) is 7.11 Å². The average molecular weight is 352 g/mol. The van der Waals surface area contributed by atoms with E-state index in [1.807, 2.05) is 24.4 Å². The summed E-state index contributed by atoms with van der Waals surface area (Å²) in [6.07, 6.45) is 0.401. The smallest absolute Gasteiger partial charge is 0.368 e. The van der Waals surface area contributed by atoms with Crippen molar-refractivity contribution in [3.8, 4) is 0 Å². The minimum atomic E-state index is -1.08. The van der Waals surface area contributed by atoms with E-state index in [0.29, 0.717) is 11.4 Å². The Morgan fingerprint density at radius 1 is 1.29 bits per heavy atom. The van der Waals surface area contributed by atoms with E-state index in [9.17, 15) is 14.4 Å². The van der Waals surface area contributed by atoms with Crippen molar-refractivity contribution in [1.82, 2.24) is 4.90 Å². The first-order chi connectivity index (χ1) is 11.4. The van der Waals surface area contributed by atoms with Crippen molar-refractivity contribution in [2.24, 2.45) is 11.8 Å². The number of fused-ring (bicyclic) bond motifs is 1. The fourth-order valence-corrected chi connectivity index (χ4v) is 4.25. The summed E-state index contributed by atoms with van der Waals surface area (Å²) in [7, 11) is 2.78. The summed E-state index contributed by atoms with van der Waals surface area (Å²) in [5, 5.41) is 2.43. The molecule has 3 rings (SSSR count). The van der Waals surface area contributed by atoms with Crippen LogP contribution in [-0.2, 0) is 19.1 Å². The van der Waals surface area contributed by atoms with Crippen molar-refractivity contribution in [1.29, 1.82) is 0 Å². The minimum Gasteiger partial charge on any atom is -0.464 e. The number of likely N-dealkylation sites (tertiary alicyclic amines) is 1. The molecule has 1 aromatic carbocycles. The molecule has 0 aromatic heterocycles. The van der Waals surface area contributed by atoms with Crippen molar-refractivity contribution >= 4 is 29.4 Å². The fraction of sp³-hybridized carbons (Fsp3) is 0.471. The number of ether oxygens (including phenoxy) is 1. The predicted octanol–water partition coefficient (Wildman–Crippen LogP) is 0.511. The molecular weight excluding hydrogens is 332 g/mol. The lowest BCUT2D eigenvalue weighted by Crippen LogP contribution is -2.98. The quantitative estimate of drug-likeness (QED) is 0.635. The first-order valence-electron chi connectivity index (χ1n) is 7.88. The molecular formula is C17H20ClN2O4+. The number of carbonyl (C=O) groups is 3. The van der Waals surface area contributed by atoms with E-state index in [2.05, 4.69) is 0 Å². The molecule has 7 heteroatoms. The third-order valence-electron chi connectivity index (χ3n) is 5.40. The number of amides is 2. The Hall–Kier alpha value is -1.92. The van der Waals surface area contributed by atoms with Crippen LogP contribution in [0.25, 0.3) is 0 Å².